The number of hydrogen-bond acceptors (Lipinski definition) is 5. The highest BCUT2D eigenvalue weighted by Crippen LogP contribution is 2.30. The quantitative estimate of drug-likeness (QED) is 0.410. The minimum Gasteiger partial charge on any atom is -0.493 e. The first kappa shape index (κ1) is 22.9. The van der Waals surface area contributed by atoms with Crippen LogP contribution >= 0.6 is 0 Å². The third kappa shape index (κ3) is 5.29. The van der Waals surface area contributed by atoms with Crippen molar-refractivity contribution >= 4 is 16.8 Å². The fraction of sp³-hybridized carbons (Fsp3) is 0.321. The number of H-pyrrole nitrogens is 1. The molecule has 1 aliphatic heterocycles. The largest absolute Gasteiger partial charge is 0.493 e. The molecule has 0 saturated carbocycles. The molecular formula is C28H30N4O3. The molecule has 7 nitrogen and oxygen atoms in total. The molecule has 2 aromatic carbocycles. The number of rotatable bonds is 7. The van der Waals surface area contributed by atoms with E-state index in [0.717, 1.165) is 50.0 Å². The molecule has 1 N–H and O–H groups in total. The number of amides is 1. The number of pyridine rings is 1. The molecule has 1 saturated heterocycles. The van der Waals surface area contributed by atoms with Crippen LogP contribution in [-0.2, 0) is 13.0 Å². The molecule has 1 fully saturated rings. The SMILES string of the molecule is COc1cc(C(=O)N2CCCC(Cc3cccc4[nH]ncc34)CC2)ccc1OCc1ccccn1. The standard InChI is InChI=1S/C28H30N4O3/c1-34-27-17-22(10-11-26(27)35-19-23-8-2-3-13-29-23)28(33)32-14-5-6-20(12-15-32)16-21-7-4-9-25-24(21)18-30-31-25/h2-4,7-11,13,17-18,20H,5-6,12,14-16,19H2,1H3,(H,30,31). The zero-order chi connectivity index (χ0) is 24.0. The van der Waals surface area contributed by atoms with Crippen LogP contribution in [0, 0.1) is 5.92 Å². The van der Waals surface area contributed by atoms with Gasteiger partial charge in [-0.1, -0.05) is 18.2 Å². The Balaban J connectivity index is 1.22. The number of carbonyl (C=O) groups is 1. The lowest BCUT2D eigenvalue weighted by Gasteiger charge is -2.21. The van der Waals surface area contributed by atoms with E-state index in [0.29, 0.717) is 29.6 Å². The maximum absolute atomic E-state index is 13.3. The number of methoxy groups -OCH3 is 1. The number of nitrogens with zero attached hydrogens (tertiary/aromatic N) is 3. The fourth-order valence-electron chi connectivity index (χ4n) is 4.83. The van der Waals surface area contributed by atoms with E-state index in [-0.39, 0.29) is 5.91 Å². The Labute approximate surface area is 205 Å². The topological polar surface area (TPSA) is 80.3 Å². The summed E-state index contributed by atoms with van der Waals surface area (Å²) in [7, 11) is 1.59. The van der Waals surface area contributed by atoms with E-state index < -0.39 is 0 Å². The lowest BCUT2D eigenvalue weighted by molar-refractivity contribution is 0.0759. The van der Waals surface area contributed by atoms with Gasteiger partial charge in [-0.2, -0.15) is 5.10 Å². The van der Waals surface area contributed by atoms with Crippen LogP contribution in [-0.4, -0.2) is 46.2 Å². The molecule has 4 aromatic rings. The van der Waals surface area contributed by atoms with Gasteiger partial charge in [0, 0.05) is 30.2 Å². The van der Waals surface area contributed by atoms with Crippen LogP contribution in [0.15, 0.2) is 67.0 Å². The Kier molecular flexibility index (Phi) is 6.93. The zero-order valence-corrected chi connectivity index (χ0v) is 19.9. The molecule has 1 aliphatic rings. The van der Waals surface area contributed by atoms with Crippen LogP contribution in [0.4, 0.5) is 0 Å². The van der Waals surface area contributed by atoms with Crippen LogP contribution in [0.2, 0.25) is 0 Å². The molecule has 1 amide bonds. The molecule has 0 spiro atoms. The summed E-state index contributed by atoms with van der Waals surface area (Å²) in [4.78, 5) is 19.6. The number of ether oxygens (including phenoxy) is 2. The van der Waals surface area contributed by atoms with E-state index in [1.54, 1.807) is 25.4 Å². The Morgan fingerprint density at radius 2 is 2.03 bits per heavy atom. The van der Waals surface area contributed by atoms with Crippen molar-refractivity contribution < 1.29 is 14.3 Å². The molecule has 0 radical (unpaired) electrons. The van der Waals surface area contributed by atoms with Crippen molar-refractivity contribution in [3.8, 4) is 11.5 Å². The van der Waals surface area contributed by atoms with E-state index in [9.17, 15) is 4.79 Å². The first-order chi connectivity index (χ1) is 17.2. The molecule has 1 atom stereocenters. The van der Waals surface area contributed by atoms with Crippen molar-refractivity contribution in [1.82, 2.24) is 20.1 Å². The van der Waals surface area contributed by atoms with E-state index in [4.69, 9.17) is 9.47 Å². The van der Waals surface area contributed by atoms with Gasteiger partial charge in [0.15, 0.2) is 11.5 Å². The molecule has 0 bridgehead atoms. The van der Waals surface area contributed by atoms with E-state index in [1.165, 1.54) is 10.9 Å². The van der Waals surface area contributed by atoms with Crippen molar-refractivity contribution in [2.24, 2.45) is 5.92 Å². The van der Waals surface area contributed by atoms with Gasteiger partial charge in [0.1, 0.15) is 6.61 Å². The molecule has 180 valence electrons. The second kappa shape index (κ2) is 10.6. The fourth-order valence-corrected chi connectivity index (χ4v) is 4.83. The highest BCUT2D eigenvalue weighted by atomic mass is 16.5. The summed E-state index contributed by atoms with van der Waals surface area (Å²) < 4.78 is 11.4. The Bertz CT molecular complexity index is 1290. The van der Waals surface area contributed by atoms with Gasteiger partial charge in [-0.15, -0.1) is 0 Å². The van der Waals surface area contributed by atoms with Crippen LogP contribution in [0.5, 0.6) is 11.5 Å². The summed E-state index contributed by atoms with van der Waals surface area (Å²) >= 11 is 0. The summed E-state index contributed by atoms with van der Waals surface area (Å²) in [6.45, 7) is 1.86. The number of nitrogens with one attached hydrogen (secondary N) is 1. The van der Waals surface area contributed by atoms with Crippen molar-refractivity contribution in [2.75, 3.05) is 20.2 Å². The number of aromatic amines is 1. The van der Waals surface area contributed by atoms with Crippen molar-refractivity contribution in [2.45, 2.75) is 32.3 Å². The maximum atomic E-state index is 13.3. The average Bonchev–Trinajstić information content (AvgIpc) is 3.27. The highest BCUT2D eigenvalue weighted by molar-refractivity contribution is 5.95. The molecule has 2 aromatic heterocycles. The third-order valence-electron chi connectivity index (χ3n) is 6.73. The van der Waals surface area contributed by atoms with Gasteiger partial charge >= 0.3 is 0 Å². The first-order valence-electron chi connectivity index (χ1n) is 12.1. The van der Waals surface area contributed by atoms with E-state index in [1.807, 2.05) is 35.4 Å². The predicted octanol–water partition coefficient (Wildman–Crippen LogP) is 5.03. The van der Waals surface area contributed by atoms with Gasteiger partial charge < -0.3 is 14.4 Å². The van der Waals surface area contributed by atoms with Gasteiger partial charge in [0.2, 0.25) is 0 Å². The zero-order valence-electron chi connectivity index (χ0n) is 19.9. The second-order valence-corrected chi connectivity index (χ2v) is 9.02. The third-order valence-corrected chi connectivity index (χ3v) is 6.73. The number of carbonyl (C=O) groups excluding carboxylic acids is 1. The molecule has 7 heteroatoms. The van der Waals surface area contributed by atoms with E-state index in [2.05, 4.69) is 33.4 Å². The summed E-state index contributed by atoms with van der Waals surface area (Å²) in [5, 5.41) is 8.44. The number of likely N-dealkylation sites (tertiary alicyclic amines) is 1. The summed E-state index contributed by atoms with van der Waals surface area (Å²) in [6, 6.07) is 17.4. The number of benzene rings is 2. The van der Waals surface area contributed by atoms with Crippen LogP contribution in [0.25, 0.3) is 10.9 Å². The molecule has 0 aliphatic carbocycles. The summed E-state index contributed by atoms with van der Waals surface area (Å²) in [5.41, 5.74) is 3.85. The van der Waals surface area contributed by atoms with Crippen molar-refractivity contribution in [1.29, 1.82) is 0 Å². The van der Waals surface area contributed by atoms with Crippen molar-refractivity contribution in [3.05, 3.63) is 83.8 Å². The minimum atomic E-state index is 0.0390. The van der Waals surface area contributed by atoms with Crippen LogP contribution in [0.3, 0.4) is 0 Å². The van der Waals surface area contributed by atoms with Gasteiger partial charge in [-0.25, -0.2) is 0 Å². The first-order valence-corrected chi connectivity index (χ1v) is 12.1. The maximum Gasteiger partial charge on any atom is 0.253 e. The Hall–Kier alpha value is -3.87. The molecule has 35 heavy (non-hydrogen) atoms. The summed E-state index contributed by atoms with van der Waals surface area (Å²) in [5.74, 6) is 1.73. The number of aromatic nitrogens is 3. The average molecular weight is 471 g/mol. The predicted molar refractivity (Wildman–Crippen MR) is 135 cm³/mol. The number of fused-ring (bicyclic) bond motifs is 1. The van der Waals surface area contributed by atoms with Gasteiger partial charge in [-0.3, -0.25) is 14.9 Å². The van der Waals surface area contributed by atoms with Gasteiger partial charge in [0.05, 0.1) is 24.5 Å². The Morgan fingerprint density at radius 1 is 1.09 bits per heavy atom. The molecule has 1 unspecified atom stereocenters. The normalized spacial score (nSPS) is 16.1. The van der Waals surface area contributed by atoms with Gasteiger partial charge in [0.25, 0.3) is 5.91 Å². The molecule has 3 heterocycles. The minimum absolute atomic E-state index is 0.0390. The monoisotopic (exact) mass is 470 g/mol. The summed E-state index contributed by atoms with van der Waals surface area (Å²) in [6.07, 6.45) is 7.76. The van der Waals surface area contributed by atoms with Crippen molar-refractivity contribution in [3.63, 3.8) is 0 Å². The van der Waals surface area contributed by atoms with E-state index >= 15 is 0 Å². The van der Waals surface area contributed by atoms with Crippen LogP contribution in [0.1, 0.15) is 40.9 Å². The molecule has 5 rings (SSSR count). The lowest BCUT2D eigenvalue weighted by Crippen LogP contribution is -2.32. The smallest absolute Gasteiger partial charge is 0.253 e. The lowest BCUT2D eigenvalue weighted by atomic mass is 9.91. The van der Waals surface area contributed by atoms with Crippen LogP contribution < -0.4 is 9.47 Å². The number of hydrogen-bond donors (Lipinski definition) is 1. The van der Waals surface area contributed by atoms with Gasteiger partial charge in [-0.05, 0) is 73.6 Å². The molecular weight excluding hydrogens is 440 g/mol. The highest BCUT2D eigenvalue weighted by Gasteiger charge is 2.23. The Morgan fingerprint density at radius 3 is 2.89 bits per heavy atom. The second-order valence-electron chi connectivity index (χ2n) is 9.02.